The molecular weight excluding hydrogens is 330 g/mol. The van der Waals surface area contributed by atoms with Crippen molar-refractivity contribution in [3.05, 3.63) is 83.3 Å². The Morgan fingerprint density at radius 2 is 1.84 bits per heavy atom. The molecule has 4 rings (SSSR count). The molecule has 2 heterocycles. The first-order valence-electron chi connectivity index (χ1n) is 8.05. The summed E-state index contributed by atoms with van der Waals surface area (Å²) in [6.45, 7) is 6.35. The highest BCUT2D eigenvalue weighted by Gasteiger charge is 2.21. The highest BCUT2D eigenvalue weighted by atomic mass is 32.1. The molecule has 124 valence electrons. The summed E-state index contributed by atoms with van der Waals surface area (Å²) in [7, 11) is 0. The highest BCUT2D eigenvalue weighted by Crippen LogP contribution is 2.30. The molecule has 0 unspecified atom stereocenters. The van der Waals surface area contributed by atoms with E-state index in [2.05, 4.69) is 11.6 Å². The van der Waals surface area contributed by atoms with Gasteiger partial charge in [0, 0.05) is 5.69 Å². The van der Waals surface area contributed by atoms with Gasteiger partial charge in [-0.2, -0.15) is 0 Å². The molecule has 25 heavy (non-hydrogen) atoms. The van der Waals surface area contributed by atoms with Crippen molar-refractivity contribution < 1.29 is 0 Å². The van der Waals surface area contributed by atoms with Gasteiger partial charge < -0.3 is 0 Å². The summed E-state index contributed by atoms with van der Waals surface area (Å²) >= 11 is 1.55. The number of rotatable bonds is 4. The molecular formula is C20H17N3OS. The molecule has 0 spiro atoms. The largest absolute Gasteiger partial charge is 0.282 e. The molecule has 0 saturated heterocycles. The molecule has 0 aliphatic rings. The molecule has 0 aliphatic carbocycles. The zero-order valence-corrected chi connectivity index (χ0v) is 14.7. The number of allylic oxidation sites excluding steroid dienone is 1. The van der Waals surface area contributed by atoms with E-state index in [0.717, 1.165) is 26.6 Å². The SMILES string of the molecule is C=CCn1c(C)c(-c2nc3ccccc3s2)c(=O)n1-c1ccccc1. The molecule has 0 N–H and O–H groups in total. The number of fused-ring (bicyclic) bond motifs is 1. The van der Waals surface area contributed by atoms with Crippen LogP contribution in [0.4, 0.5) is 0 Å². The number of aromatic nitrogens is 3. The third-order valence-corrected chi connectivity index (χ3v) is 5.26. The average molecular weight is 347 g/mol. The highest BCUT2D eigenvalue weighted by molar-refractivity contribution is 7.21. The van der Waals surface area contributed by atoms with E-state index in [9.17, 15) is 4.79 Å². The van der Waals surface area contributed by atoms with Crippen molar-refractivity contribution in [1.82, 2.24) is 14.3 Å². The van der Waals surface area contributed by atoms with Crippen LogP contribution >= 0.6 is 11.3 Å². The van der Waals surface area contributed by atoms with E-state index in [4.69, 9.17) is 0 Å². The number of nitrogens with zero attached hydrogens (tertiary/aromatic N) is 3. The fourth-order valence-corrected chi connectivity index (χ4v) is 4.10. The molecule has 0 atom stereocenters. The molecule has 0 bridgehead atoms. The van der Waals surface area contributed by atoms with Crippen LogP contribution in [0.1, 0.15) is 5.69 Å². The van der Waals surface area contributed by atoms with Crippen LogP contribution in [0, 0.1) is 6.92 Å². The normalized spacial score (nSPS) is 11.1. The number of hydrogen-bond donors (Lipinski definition) is 0. The molecule has 0 saturated carbocycles. The van der Waals surface area contributed by atoms with Gasteiger partial charge >= 0.3 is 0 Å². The summed E-state index contributed by atoms with van der Waals surface area (Å²) in [6.07, 6.45) is 1.80. The van der Waals surface area contributed by atoms with Gasteiger partial charge in [-0.15, -0.1) is 17.9 Å². The van der Waals surface area contributed by atoms with E-state index in [1.54, 1.807) is 22.1 Å². The molecule has 0 aliphatic heterocycles. The topological polar surface area (TPSA) is 39.8 Å². The van der Waals surface area contributed by atoms with Gasteiger partial charge in [0.25, 0.3) is 5.56 Å². The third-order valence-electron chi connectivity index (χ3n) is 4.21. The minimum atomic E-state index is -0.0513. The monoisotopic (exact) mass is 347 g/mol. The minimum Gasteiger partial charge on any atom is -0.278 e. The van der Waals surface area contributed by atoms with Crippen LogP contribution in [0.15, 0.2) is 72.0 Å². The Morgan fingerprint density at radius 3 is 2.56 bits per heavy atom. The number of benzene rings is 2. The Labute approximate surface area is 149 Å². The fraction of sp³-hybridized carbons (Fsp3) is 0.100. The van der Waals surface area contributed by atoms with Crippen LogP contribution < -0.4 is 5.56 Å². The first kappa shape index (κ1) is 15.6. The zero-order valence-electron chi connectivity index (χ0n) is 13.8. The van der Waals surface area contributed by atoms with Crippen molar-refractivity contribution in [2.75, 3.05) is 0 Å². The Kier molecular flexibility index (Phi) is 3.86. The zero-order chi connectivity index (χ0) is 17.4. The van der Waals surface area contributed by atoms with Gasteiger partial charge in [0.2, 0.25) is 0 Å². The Morgan fingerprint density at radius 1 is 1.12 bits per heavy atom. The second-order valence-corrected chi connectivity index (χ2v) is 6.80. The van der Waals surface area contributed by atoms with Gasteiger partial charge in [-0.1, -0.05) is 36.4 Å². The van der Waals surface area contributed by atoms with Gasteiger partial charge in [-0.25, -0.2) is 9.67 Å². The van der Waals surface area contributed by atoms with Gasteiger partial charge in [0.15, 0.2) is 0 Å². The minimum absolute atomic E-state index is 0.0513. The Hall–Kier alpha value is -2.92. The Balaban J connectivity index is 2.00. The molecule has 4 nitrogen and oxygen atoms in total. The lowest BCUT2D eigenvalue weighted by Crippen LogP contribution is -2.21. The van der Waals surface area contributed by atoms with Crippen LogP contribution in [-0.2, 0) is 6.54 Å². The van der Waals surface area contributed by atoms with E-state index in [1.807, 2.05) is 66.2 Å². The van der Waals surface area contributed by atoms with Crippen molar-refractivity contribution in [3.8, 4) is 16.3 Å². The molecule has 0 amide bonds. The maximum atomic E-state index is 13.2. The van der Waals surface area contributed by atoms with E-state index >= 15 is 0 Å². The second-order valence-electron chi connectivity index (χ2n) is 5.77. The maximum absolute atomic E-state index is 13.2. The van der Waals surface area contributed by atoms with Gasteiger partial charge in [-0.3, -0.25) is 9.48 Å². The van der Waals surface area contributed by atoms with Crippen molar-refractivity contribution in [2.45, 2.75) is 13.5 Å². The summed E-state index contributed by atoms with van der Waals surface area (Å²) in [6, 6.07) is 17.6. The standard InChI is InChI=1S/C20H17N3OS/c1-3-13-22-14(2)18(19-21-16-11-7-8-12-17(16)25-19)20(24)23(22)15-9-5-4-6-10-15/h3-12H,1,13H2,2H3. The van der Waals surface area contributed by atoms with E-state index in [-0.39, 0.29) is 5.56 Å². The number of hydrogen-bond acceptors (Lipinski definition) is 3. The molecule has 4 aromatic rings. The molecule has 0 radical (unpaired) electrons. The van der Waals surface area contributed by atoms with Gasteiger partial charge in [-0.05, 0) is 31.2 Å². The molecule has 5 heteroatoms. The van der Waals surface area contributed by atoms with Gasteiger partial charge in [0.1, 0.15) is 5.01 Å². The lowest BCUT2D eigenvalue weighted by molar-refractivity contribution is 0.588. The summed E-state index contributed by atoms with van der Waals surface area (Å²) < 4.78 is 4.74. The summed E-state index contributed by atoms with van der Waals surface area (Å²) in [5.74, 6) is 0. The lowest BCUT2D eigenvalue weighted by atomic mass is 10.2. The van der Waals surface area contributed by atoms with E-state index in [0.29, 0.717) is 12.1 Å². The van der Waals surface area contributed by atoms with Crippen LogP contribution in [-0.4, -0.2) is 14.3 Å². The van der Waals surface area contributed by atoms with Crippen LogP contribution in [0.3, 0.4) is 0 Å². The summed E-state index contributed by atoms with van der Waals surface area (Å²) in [4.78, 5) is 17.9. The molecule has 0 fully saturated rings. The van der Waals surface area contributed by atoms with Crippen molar-refractivity contribution in [1.29, 1.82) is 0 Å². The maximum Gasteiger partial charge on any atom is 0.282 e. The fourth-order valence-electron chi connectivity index (χ4n) is 3.04. The van der Waals surface area contributed by atoms with Crippen molar-refractivity contribution >= 4 is 21.6 Å². The van der Waals surface area contributed by atoms with Gasteiger partial charge in [0.05, 0.1) is 28.0 Å². The molecule has 2 aromatic heterocycles. The number of thiazole rings is 1. The van der Waals surface area contributed by atoms with Crippen molar-refractivity contribution in [2.24, 2.45) is 0 Å². The van der Waals surface area contributed by atoms with Crippen LogP contribution in [0.5, 0.6) is 0 Å². The van der Waals surface area contributed by atoms with E-state index < -0.39 is 0 Å². The first-order chi connectivity index (χ1) is 12.2. The predicted molar refractivity (Wildman–Crippen MR) is 104 cm³/mol. The summed E-state index contributed by atoms with van der Waals surface area (Å²) in [5, 5.41) is 0.760. The first-order valence-corrected chi connectivity index (χ1v) is 8.87. The lowest BCUT2D eigenvalue weighted by Gasteiger charge is -2.11. The quantitative estimate of drug-likeness (QED) is 0.513. The predicted octanol–water partition coefficient (Wildman–Crippen LogP) is 4.41. The smallest absolute Gasteiger partial charge is 0.278 e. The third kappa shape index (κ3) is 2.53. The summed E-state index contributed by atoms with van der Waals surface area (Å²) in [5.41, 5.74) is 3.26. The second kappa shape index (κ2) is 6.18. The van der Waals surface area contributed by atoms with Crippen molar-refractivity contribution in [3.63, 3.8) is 0 Å². The van der Waals surface area contributed by atoms with Crippen LogP contribution in [0.25, 0.3) is 26.5 Å². The molecule has 2 aromatic carbocycles. The van der Waals surface area contributed by atoms with Crippen LogP contribution in [0.2, 0.25) is 0 Å². The average Bonchev–Trinajstić information content (AvgIpc) is 3.15. The van der Waals surface area contributed by atoms with E-state index in [1.165, 1.54) is 0 Å². The Bertz CT molecular complexity index is 1090. The number of para-hydroxylation sites is 2.